The molecule has 0 aliphatic heterocycles. The van der Waals surface area contributed by atoms with Gasteiger partial charge in [0.1, 0.15) is 0 Å². The summed E-state index contributed by atoms with van der Waals surface area (Å²) in [6.45, 7) is 1.54. The van der Waals surface area contributed by atoms with Crippen LogP contribution in [0.25, 0.3) is 0 Å². The first-order valence-electron chi connectivity index (χ1n) is 4.40. The van der Waals surface area contributed by atoms with Crippen LogP contribution >= 0.6 is 0 Å². The van der Waals surface area contributed by atoms with Gasteiger partial charge in [-0.2, -0.15) is 0 Å². The third kappa shape index (κ3) is 2.43. The number of nitrogens with two attached hydrogens (primary N) is 2. The minimum atomic E-state index is 0.153. The van der Waals surface area contributed by atoms with E-state index in [2.05, 4.69) is 11.9 Å². The molecule has 1 atom stereocenters. The van der Waals surface area contributed by atoms with Gasteiger partial charge in [0, 0.05) is 25.2 Å². The molecule has 66 valence electrons. The number of hydrogen-bond donors (Lipinski definition) is 2. The van der Waals surface area contributed by atoms with E-state index in [1.54, 1.807) is 0 Å². The maximum absolute atomic E-state index is 5.72. The second-order valence-corrected chi connectivity index (χ2v) is 3.52. The van der Waals surface area contributed by atoms with Gasteiger partial charge in [0.25, 0.3) is 0 Å². The Kier molecular flexibility index (Phi) is 3.30. The summed E-state index contributed by atoms with van der Waals surface area (Å²) in [5.74, 6) is 0. The van der Waals surface area contributed by atoms with Gasteiger partial charge in [0.05, 0.1) is 0 Å². The Bertz CT molecular complexity index is 112. The van der Waals surface area contributed by atoms with Gasteiger partial charge < -0.3 is 16.4 Å². The molecule has 0 radical (unpaired) electrons. The summed E-state index contributed by atoms with van der Waals surface area (Å²) in [7, 11) is 2.14. The van der Waals surface area contributed by atoms with Crippen LogP contribution in [-0.2, 0) is 0 Å². The van der Waals surface area contributed by atoms with Gasteiger partial charge in [-0.05, 0) is 19.9 Å². The molecule has 11 heavy (non-hydrogen) atoms. The molecule has 0 spiro atoms. The van der Waals surface area contributed by atoms with E-state index in [4.69, 9.17) is 11.5 Å². The van der Waals surface area contributed by atoms with Crippen LogP contribution in [-0.4, -0.2) is 37.1 Å². The molecule has 1 unspecified atom stereocenters. The zero-order valence-electron chi connectivity index (χ0n) is 7.29. The van der Waals surface area contributed by atoms with E-state index in [1.807, 2.05) is 0 Å². The van der Waals surface area contributed by atoms with Crippen LogP contribution in [0.2, 0.25) is 0 Å². The van der Waals surface area contributed by atoms with Crippen LogP contribution in [0.5, 0.6) is 0 Å². The Hall–Kier alpha value is -0.120. The van der Waals surface area contributed by atoms with Crippen LogP contribution in [0.1, 0.15) is 19.3 Å². The minimum Gasteiger partial charge on any atom is -0.329 e. The van der Waals surface area contributed by atoms with Crippen molar-refractivity contribution in [2.75, 3.05) is 20.1 Å². The molecule has 0 aromatic heterocycles. The van der Waals surface area contributed by atoms with Crippen LogP contribution in [0.3, 0.4) is 0 Å². The molecule has 1 saturated carbocycles. The van der Waals surface area contributed by atoms with E-state index in [9.17, 15) is 0 Å². The van der Waals surface area contributed by atoms with E-state index in [1.165, 1.54) is 19.3 Å². The zero-order valence-corrected chi connectivity index (χ0v) is 7.29. The van der Waals surface area contributed by atoms with Crippen molar-refractivity contribution in [3.8, 4) is 0 Å². The van der Waals surface area contributed by atoms with Crippen molar-refractivity contribution >= 4 is 0 Å². The zero-order chi connectivity index (χ0) is 8.27. The van der Waals surface area contributed by atoms with Gasteiger partial charge in [-0.25, -0.2) is 0 Å². The molecule has 1 fully saturated rings. The maximum atomic E-state index is 5.72. The molecule has 1 aliphatic rings. The summed E-state index contributed by atoms with van der Waals surface area (Å²) < 4.78 is 0. The molecule has 0 aromatic carbocycles. The summed E-state index contributed by atoms with van der Waals surface area (Å²) in [4.78, 5) is 2.33. The van der Waals surface area contributed by atoms with Gasteiger partial charge in [-0.3, -0.25) is 0 Å². The molecule has 3 heteroatoms. The largest absolute Gasteiger partial charge is 0.329 e. The van der Waals surface area contributed by atoms with E-state index < -0.39 is 0 Å². The monoisotopic (exact) mass is 157 g/mol. The Morgan fingerprint density at radius 1 is 1.55 bits per heavy atom. The summed E-state index contributed by atoms with van der Waals surface area (Å²) >= 11 is 0. The molecule has 4 N–H and O–H groups in total. The molecule has 3 nitrogen and oxygen atoms in total. The number of nitrogens with zero attached hydrogens (tertiary/aromatic N) is 1. The lowest BCUT2D eigenvalue weighted by Crippen LogP contribution is -2.46. The highest BCUT2D eigenvalue weighted by Crippen LogP contribution is 2.23. The predicted octanol–water partition coefficient (Wildman–Crippen LogP) is -0.243. The smallest absolute Gasteiger partial charge is 0.0292 e. The highest BCUT2D eigenvalue weighted by atomic mass is 15.1. The lowest BCUT2D eigenvalue weighted by molar-refractivity contribution is 0.152. The molecule has 1 aliphatic carbocycles. The SMILES string of the molecule is CN(CC(N)CN)C1CCC1. The molecule has 0 aromatic rings. The quantitative estimate of drug-likeness (QED) is 0.592. The lowest BCUT2D eigenvalue weighted by Gasteiger charge is -2.35. The van der Waals surface area contributed by atoms with Crippen molar-refractivity contribution in [1.82, 2.24) is 4.90 Å². The molecule has 0 bridgehead atoms. The predicted molar refractivity (Wildman–Crippen MR) is 47.3 cm³/mol. The Balaban J connectivity index is 2.13. The fourth-order valence-electron chi connectivity index (χ4n) is 1.42. The van der Waals surface area contributed by atoms with Gasteiger partial charge in [-0.1, -0.05) is 6.42 Å². The van der Waals surface area contributed by atoms with Crippen LogP contribution < -0.4 is 11.5 Å². The first kappa shape index (κ1) is 8.97. The highest BCUT2D eigenvalue weighted by Gasteiger charge is 2.22. The van der Waals surface area contributed by atoms with Gasteiger partial charge in [0.2, 0.25) is 0 Å². The van der Waals surface area contributed by atoms with Crippen LogP contribution in [0, 0.1) is 0 Å². The fourth-order valence-corrected chi connectivity index (χ4v) is 1.42. The normalized spacial score (nSPS) is 21.8. The average Bonchev–Trinajstić information content (AvgIpc) is 1.83. The van der Waals surface area contributed by atoms with E-state index in [0.29, 0.717) is 6.54 Å². The van der Waals surface area contributed by atoms with Gasteiger partial charge in [-0.15, -0.1) is 0 Å². The number of likely N-dealkylation sites (N-methyl/N-ethyl adjacent to an activating group) is 1. The maximum Gasteiger partial charge on any atom is 0.0292 e. The van der Waals surface area contributed by atoms with Crippen LogP contribution in [0.4, 0.5) is 0 Å². The third-order valence-corrected chi connectivity index (χ3v) is 2.52. The first-order valence-corrected chi connectivity index (χ1v) is 4.40. The van der Waals surface area contributed by atoms with E-state index >= 15 is 0 Å². The third-order valence-electron chi connectivity index (χ3n) is 2.52. The van der Waals surface area contributed by atoms with Crippen LogP contribution in [0.15, 0.2) is 0 Å². The summed E-state index contributed by atoms with van der Waals surface area (Å²) in [5.41, 5.74) is 11.2. The summed E-state index contributed by atoms with van der Waals surface area (Å²) in [6.07, 6.45) is 4.06. The second-order valence-electron chi connectivity index (χ2n) is 3.52. The Morgan fingerprint density at radius 3 is 2.55 bits per heavy atom. The van der Waals surface area contributed by atoms with Crippen molar-refractivity contribution < 1.29 is 0 Å². The standard InChI is InChI=1S/C8H19N3/c1-11(6-7(10)5-9)8-3-2-4-8/h7-8H,2-6,9-10H2,1H3. The van der Waals surface area contributed by atoms with Crippen molar-refractivity contribution in [2.45, 2.75) is 31.3 Å². The van der Waals surface area contributed by atoms with Gasteiger partial charge >= 0.3 is 0 Å². The molecule has 0 heterocycles. The molecular weight excluding hydrogens is 138 g/mol. The summed E-state index contributed by atoms with van der Waals surface area (Å²) in [5, 5.41) is 0. The van der Waals surface area contributed by atoms with Gasteiger partial charge in [0.15, 0.2) is 0 Å². The topological polar surface area (TPSA) is 55.3 Å². The first-order chi connectivity index (χ1) is 5.24. The lowest BCUT2D eigenvalue weighted by atomic mass is 9.91. The second kappa shape index (κ2) is 4.04. The van der Waals surface area contributed by atoms with Crippen molar-refractivity contribution in [3.63, 3.8) is 0 Å². The molecule has 0 saturated heterocycles. The fraction of sp³-hybridized carbons (Fsp3) is 1.00. The van der Waals surface area contributed by atoms with Crippen molar-refractivity contribution in [1.29, 1.82) is 0 Å². The Morgan fingerprint density at radius 2 is 2.18 bits per heavy atom. The van der Waals surface area contributed by atoms with Crippen molar-refractivity contribution in [2.24, 2.45) is 11.5 Å². The van der Waals surface area contributed by atoms with E-state index in [0.717, 1.165) is 12.6 Å². The Labute approximate surface area is 68.7 Å². The number of hydrogen-bond acceptors (Lipinski definition) is 3. The number of rotatable bonds is 4. The average molecular weight is 157 g/mol. The minimum absolute atomic E-state index is 0.153. The molecular formula is C8H19N3. The van der Waals surface area contributed by atoms with Crippen molar-refractivity contribution in [3.05, 3.63) is 0 Å². The van der Waals surface area contributed by atoms with E-state index in [-0.39, 0.29) is 6.04 Å². The highest BCUT2D eigenvalue weighted by molar-refractivity contribution is 4.80. The molecule has 0 amide bonds. The summed E-state index contributed by atoms with van der Waals surface area (Å²) in [6, 6.07) is 0.938. The molecule has 1 rings (SSSR count).